The normalized spacial score (nSPS) is 17.5. The lowest BCUT2D eigenvalue weighted by molar-refractivity contribution is 0.613. The highest BCUT2D eigenvalue weighted by Gasteiger charge is 2.38. The zero-order valence-corrected chi connectivity index (χ0v) is 13.6. The molecular formula is C16H20N2S2. The Morgan fingerprint density at radius 2 is 2.05 bits per heavy atom. The highest BCUT2D eigenvalue weighted by Crippen LogP contribution is 2.55. The van der Waals surface area contributed by atoms with Crippen LogP contribution in [0.25, 0.3) is 0 Å². The molecule has 2 heterocycles. The van der Waals surface area contributed by atoms with Crippen LogP contribution in [0.15, 0.2) is 36.9 Å². The summed E-state index contributed by atoms with van der Waals surface area (Å²) in [5.41, 5.74) is 4.29. The van der Waals surface area contributed by atoms with Gasteiger partial charge in [-0.2, -0.15) is 0 Å². The second-order valence-corrected chi connectivity index (χ2v) is 8.36. The van der Waals surface area contributed by atoms with Gasteiger partial charge in [0, 0.05) is 30.4 Å². The van der Waals surface area contributed by atoms with Crippen molar-refractivity contribution in [2.75, 3.05) is 11.5 Å². The Kier molecular flexibility index (Phi) is 4.13. The van der Waals surface area contributed by atoms with Gasteiger partial charge in [-0.1, -0.05) is 23.8 Å². The van der Waals surface area contributed by atoms with Crippen molar-refractivity contribution >= 4 is 23.5 Å². The number of aromatic nitrogens is 2. The van der Waals surface area contributed by atoms with Crippen molar-refractivity contribution in [3.8, 4) is 0 Å². The molecule has 106 valence electrons. The summed E-state index contributed by atoms with van der Waals surface area (Å²) in [5.74, 6) is 2.50. The van der Waals surface area contributed by atoms with Gasteiger partial charge in [-0.05, 0) is 31.4 Å². The van der Waals surface area contributed by atoms with Crippen LogP contribution >= 0.6 is 23.5 Å². The van der Waals surface area contributed by atoms with Gasteiger partial charge in [-0.3, -0.25) is 0 Å². The van der Waals surface area contributed by atoms with Gasteiger partial charge in [0.15, 0.2) is 0 Å². The Morgan fingerprint density at radius 1 is 1.25 bits per heavy atom. The maximum absolute atomic E-state index is 4.14. The fraction of sp³-hybridized carbons (Fsp3) is 0.438. The van der Waals surface area contributed by atoms with Crippen molar-refractivity contribution in [3.63, 3.8) is 0 Å². The predicted octanol–water partition coefficient (Wildman–Crippen LogP) is 4.22. The van der Waals surface area contributed by atoms with E-state index < -0.39 is 0 Å². The molecule has 1 saturated heterocycles. The standard InChI is InChI=1S/C16H20N2S2/c1-13-3-4-15(14(2)11-13)16(19-9-10-20-16)5-7-18-8-6-17-12-18/h3-4,6,8,11-12H,5,7,9-10H2,1-2H3. The average molecular weight is 304 g/mol. The number of imidazole rings is 1. The third-order valence-corrected chi connectivity index (χ3v) is 7.37. The van der Waals surface area contributed by atoms with E-state index in [2.05, 4.69) is 71.3 Å². The predicted molar refractivity (Wildman–Crippen MR) is 89.4 cm³/mol. The number of hydrogen-bond donors (Lipinski definition) is 0. The molecule has 0 amide bonds. The monoisotopic (exact) mass is 304 g/mol. The summed E-state index contributed by atoms with van der Waals surface area (Å²) in [6.45, 7) is 5.46. The zero-order valence-electron chi connectivity index (χ0n) is 12.0. The van der Waals surface area contributed by atoms with Crippen LogP contribution in [-0.2, 0) is 10.6 Å². The van der Waals surface area contributed by atoms with Crippen LogP contribution in [0.1, 0.15) is 23.1 Å². The molecule has 0 radical (unpaired) electrons. The van der Waals surface area contributed by atoms with Gasteiger partial charge in [0.25, 0.3) is 0 Å². The van der Waals surface area contributed by atoms with Gasteiger partial charge in [0.05, 0.1) is 10.4 Å². The molecule has 1 aromatic heterocycles. The number of benzene rings is 1. The Balaban J connectivity index is 1.87. The number of aryl methyl sites for hydroxylation is 3. The third-order valence-electron chi connectivity index (χ3n) is 3.80. The molecule has 0 atom stereocenters. The lowest BCUT2D eigenvalue weighted by atomic mass is 10.0. The molecule has 4 heteroatoms. The molecule has 0 N–H and O–H groups in total. The van der Waals surface area contributed by atoms with Crippen molar-refractivity contribution in [1.29, 1.82) is 0 Å². The first-order valence-corrected chi connectivity index (χ1v) is 8.98. The minimum Gasteiger partial charge on any atom is -0.337 e. The topological polar surface area (TPSA) is 17.8 Å². The minimum atomic E-state index is 0.224. The van der Waals surface area contributed by atoms with E-state index in [9.17, 15) is 0 Å². The second-order valence-electron chi connectivity index (χ2n) is 5.32. The highest BCUT2D eigenvalue weighted by molar-refractivity contribution is 8.20. The smallest absolute Gasteiger partial charge is 0.0945 e. The van der Waals surface area contributed by atoms with Gasteiger partial charge < -0.3 is 4.57 Å². The van der Waals surface area contributed by atoms with Crippen LogP contribution in [0.4, 0.5) is 0 Å². The van der Waals surface area contributed by atoms with Crippen LogP contribution < -0.4 is 0 Å². The Hall–Kier alpha value is -0.870. The molecule has 1 aliphatic rings. The molecule has 0 unspecified atom stereocenters. The Morgan fingerprint density at radius 3 is 2.70 bits per heavy atom. The summed E-state index contributed by atoms with van der Waals surface area (Å²) in [4.78, 5) is 4.14. The maximum Gasteiger partial charge on any atom is 0.0945 e. The Labute approximate surface area is 129 Å². The molecule has 0 spiro atoms. The molecule has 1 fully saturated rings. The summed E-state index contributed by atoms with van der Waals surface area (Å²) in [6.07, 6.45) is 6.99. The summed E-state index contributed by atoms with van der Waals surface area (Å²) in [5, 5.41) is 0. The van der Waals surface area contributed by atoms with E-state index in [1.54, 1.807) is 0 Å². The van der Waals surface area contributed by atoms with E-state index in [1.807, 2.05) is 12.5 Å². The third kappa shape index (κ3) is 2.77. The lowest BCUT2D eigenvalue weighted by Crippen LogP contribution is -2.19. The average Bonchev–Trinajstić information content (AvgIpc) is 3.08. The van der Waals surface area contributed by atoms with Crippen molar-refractivity contribution < 1.29 is 0 Å². The maximum atomic E-state index is 4.14. The molecule has 3 rings (SSSR count). The van der Waals surface area contributed by atoms with Gasteiger partial charge in [-0.25, -0.2) is 4.98 Å². The SMILES string of the molecule is Cc1ccc(C2(CCn3ccnc3)SCCS2)c(C)c1. The van der Waals surface area contributed by atoms with E-state index in [4.69, 9.17) is 0 Å². The number of nitrogens with zero attached hydrogens (tertiary/aromatic N) is 2. The molecule has 20 heavy (non-hydrogen) atoms. The van der Waals surface area contributed by atoms with Gasteiger partial charge in [0.1, 0.15) is 0 Å². The van der Waals surface area contributed by atoms with Crippen molar-refractivity contribution in [1.82, 2.24) is 9.55 Å². The molecule has 1 aliphatic heterocycles. The van der Waals surface area contributed by atoms with Gasteiger partial charge in [0.2, 0.25) is 0 Å². The molecule has 2 nitrogen and oxygen atoms in total. The summed E-state index contributed by atoms with van der Waals surface area (Å²) >= 11 is 4.23. The van der Waals surface area contributed by atoms with Crippen LogP contribution in [-0.4, -0.2) is 21.1 Å². The van der Waals surface area contributed by atoms with E-state index in [0.717, 1.165) is 13.0 Å². The zero-order chi connectivity index (χ0) is 14.0. The Bertz CT molecular complexity index is 572. The number of hydrogen-bond acceptors (Lipinski definition) is 3. The molecule has 0 saturated carbocycles. The highest BCUT2D eigenvalue weighted by atomic mass is 32.2. The molecular weight excluding hydrogens is 284 g/mol. The van der Waals surface area contributed by atoms with Crippen LogP contribution in [0.3, 0.4) is 0 Å². The fourth-order valence-corrected chi connectivity index (χ4v) is 6.23. The van der Waals surface area contributed by atoms with E-state index in [-0.39, 0.29) is 4.08 Å². The molecule has 0 bridgehead atoms. The van der Waals surface area contributed by atoms with Gasteiger partial charge >= 0.3 is 0 Å². The molecule has 1 aromatic carbocycles. The van der Waals surface area contributed by atoms with Crippen LogP contribution in [0, 0.1) is 13.8 Å². The van der Waals surface area contributed by atoms with Crippen LogP contribution in [0.2, 0.25) is 0 Å². The first kappa shape index (κ1) is 14.1. The molecule has 2 aromatic rings. The van der Waals surface area contributed by atoms with Crippen molar-refractivity contribution in [3.05, 3.63) is 53.6 Å². The fourth-order valence-electron chi connectivity index (χ4n) is 2.83. The quantitative estimate of drug-likeness (QED) is 0.842. The minimum absolute atomic E-state index is 0.224. The first-order valence-electron chi connectivity index (χ1n) is 7.01. The second kappa shape index (κ2) is 5.86. The van der Waals surface area contributed by atoms with Crippen molar-refractivity contribution in [2.24, 2.45) is 0 Å². The van der Waals surface area contributed by atoms with E-state index >= 15 is 0 Å². The van der Waals surface area contributed by atoms with E-state index in [1.165, 1.54) is 28.2 Å². The van der Waals surface area contributed by atoms with Gasteiger partial charge in [-0.15, -0.1) is 23.5 Å². The largest absolute Gasteiger partial charge is 0.337 e. The number of rotatable bonds is 4. The summed E-state index contributed by atoms with van der Waals surface area (Å²) < 4.78 is 2.41. The number of thioether (sulfide) groups is 2. The van der Waals surface area contributed by atoms with Crippen molar-refractivity contribution in [2.45, 2.75) is 30.9 Å². The molecule has 0 aliphatic carbocycles. The lowest BCUT2D eigenvalue weighted by Gasteiger charge is -2.30. The van der Waals surface area contributed by atoms with E-state index in [0.29, 0.717) is 0 Å². The van der Waals surface area contributed by atoms with Crippen LogP contribution in [0.5, 0.6) is 0 Å². The first-order chi connectivity index (χ1) is 9.70. The summed E-state index contributed by atoms with van der Waals surface area (Å²) in [7, 11) is 0. The summed E-state index contributed by atoms with van der Waals surface area (Å²) in [6, 6.07) is 6.90.